The van der Waals surface area contributed by atoms with Crippen molar-refractivity contribution in [2.24, 2.45) is 5.10 Å². The summed E-state index contributed by atoms with van der Waals surface area (Å²) in [4.78, 5) is 12.5. The lowest BCUT2D eigenvalue weighted by Gasteiger charge is -2.10. The van der Waals surface area contributed by atoms with Crippen LogP contribution in [0.25, 0.3) is 17.1 Å². The van der Waals surface area contributed by atoms with Crippen molar-refractivity contribution in [2.45, 2.75) is 19.0 Å². The number of hydrogen-bond donors (Lipinski definition) is 1. The average molecular weight is 555 g/mol. The van der Waals surface area contributed by atoms with Crippen molar-refractivity contribution in [3.63, 3.8) is 0 Å². The highest BCUT2D eigenvalue weighted by atomic mass is 79.9. The molecule has 1 amide bonds. The van der Waals surface area contributed by atoms with Gasteiger partial charge in [-0.2, -0.15) is 5.10 Å². The zero-order valence-electron chi connectivity index (χ0n) is 18.5. The maximum Gasteiger partial charge on any atom is 0.250 e. The summed E-state index contributed by atoms with van der Waals surface area (Å²) < 4.78 is 2.91. The van der Waals surface area contributed by atoms with Crippen LogP contribution in [0.2, 0.25) is 5.02 Å². The highest BCUT2D eigenvalue weighted by Gasteiger charge is 2.17. The number of carbonyl (C=O) groups is 1. The Labute approximate surface area is 215 Å². The number of amides is 1. The van der Waals surface area contributed by atoms with E-state index in [1.165, 1.54) is 11.8 Å². The predicted molar refractivity (Wildman–Crippen MR) is 142 cm³/mol. The van der Waals surface area contributed by atoms with E-state index in [9.17, 15) is 4.79 Å². The number of nitrogens with zero attached hydrogens (tertiary/aromatic N) is 4. The zero-order valence-corrected chi connectivity index (χ0v) is 21.7. The van der Waals surface area contributed by atoms with E-state index in [1.54, 1.807) is 0 Å². The first kappa shape index (κ1) is 24.2. The molecule has 1 heterocycles. The van der Waals surface area contributed by atoms with E-state index in [-0.39, 0.29) is 11.7 Å². The molecule has 1 N–H and O–H groups in total. The molecule has 0 atom stereocenters. The van der Waals surface area contributed by atoms with Crippen LogP contribution in [0.5, 0.6) is 0 Å². The average Bonchev–Trinajstić information content (AvgIpc) is 3.26. The number of nitrogens with one attached hydrogen (secondary N) is 1. The van der Waals surface area contributed by atoms with Crippen molar-refractivity contribution in [1.82, 2.24) is 20.2 Å². The molecular weight excluding hydrogens is 534 g/mol. The van der Waals surface area contributed by atoms with Gasteiger partial charge in [-0.1, -0.05) is 81.3 Å². The van der Waals surface area contributed by atoms with Crippen LogP contribution in [-0.4, -0.2) is 32.1 Å². The van der Waals surface area contributed by atoms with Gasteiger partial charge >= 0.3 is 0 Å². The van der Waals surface area contributed by atoms with Gasteiger partial charge in [0.05, 0.1) is 11.5 Å². The van der Waals surface area contributed by atoms with Gasteiger partial charge in [-0.05, 0) is 55.8 Å². The van der Waals surface area contributed by atoms with Crippen LogP contribution in [0.15, 0.2) is 87.5 Å². The Balaban J connectivity index is 1.52. The van der Waals surface area contributed by atoms with E-state index in [4.69, 9.17) is 11.6 Å². The van der Waals surface area contributed by atoms with E-state index in [0.29, 0.717) is 16.0 Å². The summed E-state index contributed by atoms with van der Waals surface area (Å²) in [5.41, 5.74) is 7.22. The lowest BCUT2D eigenvalue weighted by Crippen LogP contribution is -2.21. The molecule has 0 saturated heterocycles. The van der Waals surface area contributed by atoms with Gasteiger partial charge in [0.15, 0.2) is 11.0 Å². The Bertz CT molecular complexity index is 1320. The molecule has 9 heteroatoms. The fourth-order valence-corrected chi connectivity index (χ4v) is 4.27. The van der Waals surface area contributed by atoms with Crippen molar-refractivity contribution in [2.75, 3.05) is 5.75 Å². The number of hydrogen-bond acceptors (Lipinski definition) is 5. The van der Waals surface area contributed by atoms with Gasteiger partial charge in [0.2, 0.25) is 0 Å². The molecule has 34 heavy (non-hydrogen) atoms. The van der Waals surface area contributed by atoms with Crippen LogP contribution in [0.4, 0.5) is 0 Å². The van der Waals surface area contributed by atoms with Crippen molar-refractivity contribution < 1.29 is 4.79 Å². The number of rotatable bonds is 7. The predicted octanol–water partition coefficient (Wildman–Crippen LogP) is 6.29. The second-order valence-corrected chi connectivity index (χ2v) is 9.81. The molecule has 4 aromatic rings. The Morgan fingerprint density at radius 2 is 1.71 bits per heavy atom. The minimum atomic E-state index is -0.232. The summed E-state index contributed by atoms with van der Waals surface area (Å²) in [5.74, 6) is 0.592. The fraction of sp³-hybridized carbons (Fsp3) is 0.120. The normalized spacial score (nSPS) is 11.5. The molecule has 0 aliphatic heterocycles. The zero-order chi connectivity index (χ0) is 24.1. The van der Waals surface area contributed by atoms with Gasteiger partial charge in [0, 0.05) is 20.7 Å². The third-order valence-corrected chi connectivity index (χ3v) is 6.68. The standard InChI is InChI=1S/C25H21BrClN5OS/c1-16-3-5-19(6-4-16)24-30-31-25(32(24)22-13-11-21(27)12-14-22)34-15-23(33)29-28-17(2)18-7-9-20(26)10-8-18/h3-14H,15H2,1-2H3,(H,29,33)/b28-17-. The molecule has 172 valence electrons. The third-order valence-electron chi connectivity index (χ3n) is 4.97. The second-order valence-electron chi connectivity index (χ2n) is 7.51. The minimum absolute atomic E-state index is 0.136. The van der Waals surface area contributed by atoms with Crippen LogP contribution in [0.1, 0.15) is 18.1 Å². The fourth-order valence-electron chi connectivity index (χ4n) is 3.14. The molecule has 0 radical (unpaired) electrons. The van der Waals surface area contributed by atoms with Crippen LogP contribution in [-0.2, 0) is 4.79 Å². The first-order valence-corrected chi connectivity index (χ1v) is 12.6. The monoisotopic (exact) mass is 553 g/mol. The van der Waals surface area contributed by atoms with Crippen LogP contribution in [0, 0.1) is 6.92 Å². The molecule has 3 aromatic carbocycles. The number of halogens is 2. The van der Waals surface area contributed by atoms with Gasteiger partial charge < -0.3 is 0 Å². The lowest BCUT2D eigenvalue weighted by atomic mass is 10.1. The highest BCUT2D eigenvalue weighted by molar-refractivity contribution is 9.10. The molecule has 1 aromatic heterocycles. The van der Waals surface area contributed by atoms with Gasteiger partial charge in [-0.3, -0.25) is 9.36 Å². The second kappa shape index (κ2) is 11.0. The molecular formula is C25H21BrClN5OS. The molecule has 0 spiro atoms. The Hall–Kier alpha value is -2.94. The smallest absolute Gasteiger partial charge is 0.250 e. The highest BCUT2D eigenvalue weighted by Crippen LogP contribution is 2.28. The quantitative estimate of drug-likeness (QED) is 0.166. The topological polar surface area (TPSA) is 72.2 Å². The number of aromatic nitrogens is 3. The number of carbonyl (C=O) groups excluding carboxylic acids is 1. The maximum absolute atomic E-state index is 12.5. The molecule has 4 rings (SSSR count). The van der Waals surface area contributed by atoms with Crippen molar-refractivity contribution in [1.29, 1.82) is 0 Å². The van der Waals surface area contributed by atoms with Gasteiger partial charge in [-0.15, -0.1) is 10.2 Å². The van der Waals surface area contributed by atoms with E-state index in [0.717, 1.165) is 32.6 Å². The minimum Gasteiger partial charge on any atom is -0.272 e. The summed E-state index contributed by atoms with van der Waals surface area (Å²) >= 11 is 10.8. The Morgan fingerprint density at radius 3 is 2.38 bits per heavy atom. The molecule has 0 saturated carbocycles. The largest absolute Gasteiger partial charge is 0.272 e. The summed E-state index contributed by atoms with van der Waals surface area (Å²) in [6.45, 7) is 3.89. The first-order valence-electron chi connectivity index (χ1n) is 10.4. The third kappa shape index (κ3) is 5.94. The van der Waals surface area contributed by atoms with Gasteiger partial charge in [0.25, 0.3) is 5.91 Å². The number of hydrazone groups is 1. The molecule has 0 bridgehead atoms. The Morgan fingerprint density at radius 1 is 1.03 bits per heavy atom. The summed E-state index contributed by atoms with van der Waals surface area (Å²) in [5, 5.41) is 14.2. The molecule has 0 fully saturated rings. The van der Waals surface area contributed by atoms with E-state index in [2.05, 4.69) is 36.7 Å². The molecule has 0 aliphatic carbocycles. The summed E-state index contributed by atoms with van der Waals surface area (Å²) in [7, 11) is 0. The van der Waals surface area contributed by atoms with E-state index < -0.39 is 0 Å². The van der Waals surface area contributed by atoms with Gasteiger partial charge in [-0.25, -0.2) is 5.43 Å². The number of thioether (sulfide) groups is 1. The van der Waals surface area contributed by atoms with E-state index in [1.807, 2.05) is 91.2 Å². The van der Waals surface area contributed by atoms with Crippen molar-refractivity contribution >= 4 is 50.9 Å². The summed E-state index contributed by atoms with van der Waals surface area (Å²) in [6.07, 6.45) is 0. The van der Waals surface area contributed by atoms with Gasteiger partial charge in [0.1, 0.15) is 0 Å². The van der Waals surface area contributed by atoms with Crippen LogP contribution < -0.4 is 5.43 Å². The molecule has 0 aliphatic rings. The lowest BCUT2D eigenvalue weighted by molar-refractivity contribution is -0.118. The molecule has 0 unspecified atom stereocenters. The SMILES string of the molecule is C/C(=N/NC(=O)CSc1nnc(-c2ccc(C)cc2)n1-c1ccc(Cl)cc1)c1ccc(Br)cc1. The van der Waals surface area contributed by atoms with Crippen LogP contribution >= 0.6 is 39.3 Å². The Kier molecular flexibility index (Phi) is 7.82. The van der Waals surface area contributed by atoms with Crippen LogP contribution in [0.3, 0.4) is 0 Å². The summed E-state index contributed by atoms with van der Waals surface area (Å²) in [6, 6.07) is 23.2. The van der Waals surface area contributed by atoms with Crippen molar-refractivity contribution in [3.8, 4) is 17.1 Å². The molecule has 6 nitrogen and oxygen atoms in total. The van der Waals surface area contributed by atoms with Crippen molar-refractivity contribution in [3.05, 3.63) is 93.4 Å². The van der Waals surface area contributed by atoms with E-state index >= 15 is 0 Å². The first-order chi connectivity index (χ1) is 16.4. The maximum atomic E-state index is 12.5. The number of benzene rings is 3. The number of aryl methyl sites for hydroxylation is 1.